The maximum absolute atomic E-state index is 13.2. The number of halogens is 1. The number of hydrogen-bond donors (Lipinski definition) is 2. The summed E-state index contributed by atoms with van der Waals surface area (Å²) in [4.78, 5) is 31.2. The van der Waals surface area contributed by atoms with Crippen LogP contribution in [0, 0.1) is 5.82 Å². The zero-order valence-corrected chi connectivity index (χ0v) is 17.3. The molecule has 1 atom stereocenters. The van der Waals surface area contributed by atoms with Gasteiger partial charge >= 0.3 is 6.03 Å². The Hall–Kier alpha value is -3.00. The molecule has 0 bridgehead atoms. The Morgan fingerprint density at radius 2 is 1.97 bits per heavy atom. The fourth-order valence-electron chi connectivity index (χ4n) is 3.67. The molecule has 156 valence electrons. The molecule has 0 saturated carbocycles. The number of hydrogen-bond acceptors (Lipinski definition) is 4. The van der Waals surface area contributed by atoms with Gasteiger partial charge in [-0.1, -0.05) is 24.3 Å². The summed E-state index contributed by atoms with van der Waals surface area (Å²) in [6.07, 6.45) is 1.95. The first-order valence-corrected chi connectivity index (χ1v) is 10.8. The summed E-state index contributed by atoms with van der Waals surface area (Å²) in [6, 6.07) is 13.8. The van der Waals surface area contributed by atoms with Gasteiger partial charge in [-0.2, -0.15) is 0 Å². The average Bonchev–Trinajstić information content (AvgIpc) is 3.37. The molecule has 2 N–H and O–H groups in total. The maximum Gasteiger partial charge on any atom is 0.318 e. The van der Waals surface area contributed by atoms with Crippen LogP contribution in [0.25, 0.3) is 10.2 Å². The number of carbonyl (C=O) groups is 2. The van der Waals surface area contributed by atoms with E-state index in [9.17, 15) is 14.0 Å². The largest absolute Gasteiger partial charge is 0.354 e. The lowest BCUT2D eigenvalue weighted by Gasteiger charge is -2.23. The molecule has 1 aliphatic heterocycles. The summed E-state index contributed by atoms with van der Waals surface area (Å²) in [5.74, 6) is -0.566. The van der Waals surface area contributed by atoms with Crippen molar-refractivity contribution in [2.45, 2.75) is 25.3 Å². The Morgan fingerprint density at radius 1 is 1.13 bits per heavy atom. The molecule has 1 aliphatic rings. The molecular weight excluding hydrogens is 403 g/mol. The van der Waals surface area contributed by atoms with Crippen LogP contribution in [0.4, 0.5) is 9.18 Å². The molecular formula is C22H23FN4O2S. The van der Waals surface area contributed by atoms with Crippen LogP contribution in [-0.2, 0) is 11.2 Å². The molecule has 1 saturated heterocycles. The quantitative estimate of drug-likeness (QED) is 0.591. The number of urea groups is 1. The van der Waals surface area contributed by atoms with E-state index < -0.39 is 0 Å². The number of rotatable bonds is 6. The van der Waals surface area contributed by atoms with Crippen molar-refractivity contribution in [3.05, 3.63) is 64.9 Å². The van der Waals surface area contributed by atoms with Crippen molar-refractivity contribution in [1.29, 1.82) is 0 Å². The number of nitrogens with zero attached hydrogens (tertiary/aromatic N) is 2. The summed E-state index contributed by atoms with van der Waals surface area (Å²) in [5, 5.41) is 6.59. The Labute approximate surface area is 178 Å². The van der Waals surface area contributed by atoms with Crippen LogP contribution >= 0.6 is 11.3 Å². The molecule has 30 heavy (non-hydrogen) atoms. The molecule has 0 spiro atoms. The summed E-state index contributed by atoms with van der Waals surface area (Å²) in [5.41, 5.74) is 1.58. The summed E-state index contributed by atoms with van der Waals surface area (Å²) >= 11 is 1.63. The fourth-order valence-corrected chi connectivity index (χ4v) is 4.78. The average molecular weight is 427 g/mol. The fraction of sp³-hybridized carbons (Fsp3) is 0.318. The van der Waals surface area contributed by atoms with E-state index in [1.165, 1.54) is 12.1 Å². The van der Waals surface area contributed by atoms with Gasteiger partial charge in [-0.15, -0.1) is 11.3 Å². The van der Waals surface area contributed by atoms with E-state index in [4.69, 9.17) is 4.98 Å². The number of fused-ring (bicyclic) bond motifs is 1. The minimum atomic E-state index is -0.360. The Balaban J connectivity index is 1.25. The van der Waals surface area contributed by atoms with Crippen LogP contribution in [0.1, 0.15) is 29.5 Å². The van der Waals surface area contributed by atoms with E-state index >= 15 is 0 Å². The zero-order valence-electron chi connectivity index (χ0n) is 16.4. The minimum Gasteiger partial charge on any atom is -0.354 e. The maximum atomic E-state index is 13.2. The third-order valence-electron chi connectivity index (χ3n) is 5.09. The van der Waals surface area contributed by atoms with Crippen LogP contribution in [0.2, 0.25) is 0 Å². The van der Waals surface area contributed by atoms with Gasteiger partial charge in [-0.3, -0.25) is 4.79 Å². The molecule has 4 rings (SSSR count). The SMILES string of the molecule is O=C(Cc1cccc(F)c1)NCCNC(=O)N1CCCC1c1nc2ccccc2s1. The molecule has 2 heterocycles. The van der Waals surface area contributed by atoms with E-state index in [0.29, 0.717) is 25.2 Å². The highest BCUT2D eigenvalue weighted by molar-refractivity contribution is 7.18. The van der Waals surface area contributed by atoms with Gasteiger partial charge in [-0.05, 0) is 42.7 Å². The topological polar surface area (TPSA) is 74.3 Å². The van der Waals surface area contributed by atoms with E-state index in [-0.39, 0.29) is 30.2 Å². The van der Waals surface area contributed by atoms with Gasteiger partial charge in [0.15, 0.2) is 0 Å². The molecule has 1 unspecified atom stereocenters. The van der Waals surface area contributed by atoms with Crippen molar-refractivity contribution in [3.63, 3.8) is 0 Å². The highest BCUT2D eigenvalue weighted by atomic mass is 32.1. The van der Waals surface area contributed by atoms with Gasteiger partial charge in [0.05, 0.1) is 22.7 Å². The normalized spacial score (nSPS) is 16.0. The van der Waals surface area contributed by atoms with Crippen molar-refractivity contribution in [3.8, 4) is 0 Å². The molecule has 0 radical (unpaired) electrons. The van der Waals surface area contributed by atoms with Crippen molar-refractivity contribution in [1.82, 2.24) is 20.5 Å². The van der Waals surface area contributed by atoms with Crippen LogP contribution < -0.4 is 10.6 Å². The standard InChI is InChI=1S/C22H23FN4O2S/c23-16-6-3-5-15(13-16)14-20(28)24-10-11-25-22(29)27-12-4-8-18(27)21-26-17-7-1-2-9-19(17)30-21/h1-3,5-7,9,13,18H,4,8,10-12,14H2,(H,24,28)(H,25,29). The lowest BCUT2D eigenvalue weighted by Crippen LogP contribution is -2.42. The molecule has 6 nitrogen and oxygen atoms in total. The summed E-state index contributed by atoms with van der Waals surface area (Å²) < 4.78 is 14.3. The third-order valence-corrected chi connectivity index (χ3v) is 6.22. The van der Waals surface area contributed by atoms with Crippen LogP contribution in [-0.4, -0.2) is 41.5 Å². The van der Waals surface area contributed by atoms with E-state index in [1.54, 1.807) is 23.5 Å². The first-order chi connectivity index (χ1) is 14.6. The lowest BCUT2D eigenvalue weighted by atomic mass is 10.1. The van der Waals surface area contributed by atoms with E-state index in [0.717, 1.165) is 28.1 Å². The van der Waals surface area contributed by atoms with Gasteiger partial charge in [0, 0.05) is 19.6 Å². The van der Waals surface area contributed by atoms with Crippen LogP contribution in [0.5, 0.6) is 0 Å². The first-order valence-electron chi connectivity index (χ1n) is 10.0. The van der Waals surface area contributed by atoms with Crippen LogP contribution in [0.3, 0.4) is 0 Å². The number of aromatic nitrogens is 1. The highest BCUT2D eigenvalue weighted by Gasteiger charge is 2.32. The number of thiazole rings is 1. The third kappa shape index (κ3) is 4.76. The Kier molecular flexibility index (Phi) is 6.23. The number of carbonyl (C=O) groups excluding carboxylic acids is 2. The van der Waals surface area contributed by atoms with Crippen molar-refractivity contribution in [2.75, 3.05) is 19.6 Å². The minimum absolute atomic E-state index is 0.00929. The Bertz CT molecular complexity index is 1020. The summed E-state index contributed by atoms with van der Waals surface area (Å²) in [6.45, 7) is 1.34. The second-order valence-corrected chi connectivity index (χ2v) is 8.32. The molecule has 3 aromatic rings. The smallest absolute Gasteiger partial charge is 0.318 e. The predicted octanol–water partition coefficient (Wildman–Crippen LogP) is 3.64. The molecule has 2 aromatic carbocycles. The van der Waals surface area contributed by atoms with Crippen LogP contribution in [0.15, 0.2) is 48.5 Å². The van der Waals surface area contributed by atoms with Gasteiger partial charge in [0.25, 0.3) is 0 Å². The lowest BCUT2D eigenvalue weighted by molar-refractivity contribution is -0.120. The number of likely N-dealkylation sites (tertiary alicyclic amines) is 1. The second-order valence-electron chi connectivity index (χ2n) is 7.26. The second kappa shape index (κ2) is 9.21. The van der Waals surface area contributed by atoms with Crippen molar-refractivity contribution in [2.24, 2.45) is 0 Å². The molecule has 1 fully saturated rings. The predicted molar refractivity (Wildman–Crippen MR) is 115 cm³/mol. The van der Waals surface area contributed by atoms with Gasteiger partial charge in [-0.25, -0.2) is 14.2 Å². The van der Waals surface area contributed by atoms with Crippen molar-refractivity contribution < 1.29 is 14.0 Å². The Morgan fingerprint density at radius 3 is 2.80 bits per heavy atom. The van der Waals surface area contributed by atoms with Gasteiger partial charge in [0.2, 0.25) is 5.91 Å². The monoisotopic (exact) mass is 426 g/mol. The first kappa shape index (κ1) is 20.3. The van der Waals surface area contributed by atoms with E-state index in [2.05, 4.69) is 10.6 Å². The number of benzene rings is 2. The van der Waals surface area contributed by atoms with Crippen molar-refractivity contribution >= 4 is 33.5 Å². The number of nitrogens with one attached hydrogen (secondary N) is 2. The zero-order chi connectivity index (χ0) is 20.9. The summed E-state index contributed by atoms with van der Waals surface area (Å²) in [7, 11) is 0. The van der Waals surface area contributed by atoms with Gasteiger partial charge in [0.1, 0.15) is 10.8 Å². The van der Waals surface area contributed by atoms with Gasteiger partial charge < -0.3 is 15.5 Å². The molecule has 0 aliphatic carbocycles. The van der Waals surface area contributed by atoms with E-state index in [1.807, 2.05) is 29.2 Å². The highest BCUT2D eigenvalue weighted by Crippen LogP contribution is 2.36. The molecule has 3 amide bonds. The number of amides is 3. The molecule has 1 aromatic heterocycles. The number of para-hydroxylation sites is 1. The molecule has 8 heteroatoms.